The average Bonchev–Trinajstić information content (AvgIpc) is 2.76. The summed E-state index contributed by atoms with van der Waals surface area (Å²) in [4.78, 5) is 0. The summed E-state index contributed by atoms with van der Waals surface area (Å²) in [6, 6.07) is 6.45. The summed E-state index contributed by atoms with van der Waals surface area (Å²) in [7, 11) is 0. The fraction of sp³-hybridized carbons (Fsp3) is 0.438. The summed E-state index contributed by atoms with van der Waals surface area (Å²) < 4.78 is 1.79. The summed E-state index contributed by atoms with van der Waals surface area (Å²) in [6.07, 6.45) is 1.50. The van der Waals surface area contributed by atoms with Crippen LogP contribution in [-0.4, -0.2) is 14.9 Å². The molecule has 2 aromatic rings. The van der Waals surface area contributed by atoms with Crippen LogP contribution < -0.4 is 0 Å². The zero-order chi connectivity index (χ0) is 14.9. The molecule has 0 fully saturated rings. The van der Waals surface area contributed by atoms with Crippen LogP contribution in [0, 0.1) is 13.8 Å². The molecule has 3 nitrogen and oxygen atoms in total. The van der Waals surface area contributed by atoms with Gasteiger partial charge < -0.3 is 5.11 Å². The molecule has 20 heavy (non-hydrogen) atoms. The van der Waals surface area contributed by atoms with Gasteiger partial charge in [-0.25, -0.2) is 0 Å². The molecule has 0 aliphatic rings. The molecule has 0 aliphatic carbocycles. The van der Waals surface area contributed by atoms with Gasteiger partial charge in [0.15, 0.2) is 0 Å². The maximum Gasteiger partial charge on any atom is 0.101 e. The van der Waals surface area contributed by atoms with Gasteiger partial charge in [-0.3, -0.25) is 4.68 Å². The number of nitrogens with zero attached hydrogens (tertiary/aromatic N) is 2. The molecule has 1 heterocycles. The van der Waals surface area contributed by atoms with Gasteiger partial charge in [0.2, 0.25) is 0 Å². The highest BCUT2D eigenvalue weighted by molar-refractivity contribution is 6.31. The van der Waals surface area contributed by atoms with Crippen LogP contribution in [0.3, 0.4) is 0 Å². The number of aliphatic hydroxyl groups is 1. The Balaban J connectivity index is 2.30. The van der Waals surface area contributed by atoms with Crippen molar-refractivity contribution in [2.24, 2.45) is 0 Å². The minimum atomic E-state index is -0.645. The van der Waals surface area contributed by atoms with Crippen LogP contribution in [0.15, 0.2) is 24.4 Å². The van der Waals surface area contributed by atoms with Gasteiger partial charge in [0.25, 0.3) is 0 Å². The molecule has 1 aromatic heterocycles. The molecule has 0 aliphatic heterocycles. The third-order valence-electron chi connectivity index (χ3n) is 3.51. The zero-order valence-corrected chi connectivity index (χ0v) is 13.1. The topological polar surface area (TPSA) is 38.1 Å². The summed E-state index contributed by atoms with van der Waals surface area (Å²) in [5.41, 5.74) is 4.22. The van der Waals surface area contributed by atoms with E-state index in [9.17, 15) is 5.11 Å². The molecule has 1 N–H and O–H groups in total. The smallest absolute Gasteiger partial charge is 0.101 e. The predicted molar refractivity (Wildman–Crippen MR) is 82.2 cm³/mol. The van der Waals surface area contributed by atoms with Gasteiger partial charge in [-0.1, -0.05) is 35.4 Å². The van der Waals surface area contributed by atoms with E-state index < -0.39 is 6.10 Å². The minimum absolute atomic E-state index is 0.172. The van der Waals surface area contributed by atoms with Crippen molar-refractivity contribution in [3.8, 4) is 0 Å². The Kier molecular flexibility index (Phi) is 4.51. The number of benzene rings is 1. The Morgan fingerprint density at radius 2 is 2.00 bits per heavy atom. The summed E-state index contributed by atoms with van der Waals surface area (Å²) >= 11 is 6.18. The largest absolute Gasteiger partial charge is 0.386 e. The maximum absolute atomic E-state index is 10.5. The summed E-state index contributed by atoms with van der Waals surface area (Å²) in [6.45, 7) is 8.17. The number of hydrogen-bond donors (Lipinski definition) is 1. The second-order valence-corrected chi connectivity index (χ2v) is 5.97. The molecule has 1 atom stereocenters. The molecule has 0 amide bonds. The van der Waals surface area contributed by atoms with Crippen LogP contribution >= 0.6 is 11.6 Å². The maximum atomic E-state index is 10.5. The molecule has 108 valence electrons. The Morgan fingerprint density at radius 3 is 2.65 bits per heavy atom. The molecule has 1 aromatic carbocycles. The first-order chi connectivity index (χ1) is 9.40. The van der Waals surface area contributed by atoms with Crippen LogP contribution in [0.25, 0.3) is 0 Å². The van der Waals surface area contributed by atoms with Gasteiger partial charge in [-0.2, -0.15) is 5.10 Å². The van der Waals surface area contributed by atoms with Crippen molar-refractivity contribution in [3.63, 3.8) is 0 Å². The van der Waals surface area contributed by atoms with E-state index >= 15 is 0 Å². The minimum Gasteiger partial charge on any atom is -0.386 e. The standard InChI is InChI=1S/C16H21ClN2O/c1-10(2)19-16(14(17)9-18-19)15(20)8-13-7-11(3)5-6-12(13)4/h5-7,9-10,15,20H,8H2,1-4H3. The monoisotopic (exact) mass is 292 g/mol. The van der Waals surface area contributed by atoms with Crippen molar-refractivity contribution < 1.29 is 5.11 Å². The number of aliphatic hydroxyl groups excluding tert-OH is 1. The van der Waals surface area contributed by atoms with Crippen LogP contribution in [0.2, 0.25) is 5.02 Å². The van der Waals surface area contributed by atoms with E-state index in [4.69, 9.17) is 11.6 Å². The molecular weight excluding hydrogens is 272 g/mol. The van der Waals surface area contributed by atoms with Gasteiger partial charge in [0, 0.05) is 12.5 Å². The van der Waals surface area contributed by atoms with E-state index in [2.05, 4.69) is 37.1 Å². The van der Waals surface area contributed by atoms with E-state index in [0.29, 0.717) is 17.1 Å². The first kappa shape index (κ1) is 15.1. The molecule has 0 spiro atoms. The van der Waals surface area contributed by atoms with Crippen molar-refractivity contribution in [1.29, 1.82) is 0 Å². The van der Waals surface area contributed by atoms with Gasteiger partial charge >= 0.3 is 0 Å². The highest BCUT2D eigenvalue weighted by Gasteiger charge is 2.20. The normalized spacial score (nSPS) is 12.9. The third-order valence-corrected chi connectivity index (χ3v) is 3.80. The number of hydrogen-bond acceptors (Lipinski definition) is 2. The highest BCUT2D eigenvalue weighted by atomic mass is 35.5. The Labute approximate surface area is 125 Å². The van der Waals surface area contributed by atoms with Crippen LogP contribution in [-0.2, 0) is 6.42 Å². The van der Waals surface area contributed by atoms with Crippen LogP contribution in [0.4, 0.5) is 0 Å². The zero-order valence-electron chi connectivity index (χ0n) is 12.4. The quantitative estimate of drug-likeness (QED) is 0.924. The fourth-order valence-corrected chi connectivity index (χ4v) is 2.66. The van der Waals surface area contributed by atoms with E-state index in [1.807, 2.05) is 13.8 Å². The van der Waals surface area contributed by atoms with Crippen molar-refractivity contribution in [2.75, 3.05) is 0 Å². The lowest BCUT2D eigenvalue weighted by Crippen LogP contribution is -2.13. The fourth-order valence-electron chi connectivity index (χ4n) is 2.40. The van der Waals surface area contributed by atoms with E-state index in [1.54, 1.807) is 10.9 Å². The van der Waals surface area contributed by atoms with Crippen molar-refractivity contribution in [1.82, 2.24) is 9.78 Å². The second kappa shape index (κ2) is 5.98. The number of aryl methyl sites for hydroxylation is 2. The van der Waals surface area contributed by atoms with E-state index in [1.165, 1.54) is 11.1 Å². The summed E-state index contributed by atoms with van der Waals surface area (Å²) in [5.74, 6) is 0. The number of aromatic nitrogens is 2. The van der Waals surface area contributed by atoms with Crippen LogP contribution in [0.1, 0.15) is 48.4 Å². The predicted octanol–water partition coefficient (Wildman–Crippen LogP) is 4.01. The molecule has 4 heteroatoms. The molecular formula is C16H21ClN2O. The Bertz CT molecular complexity index is 605. The SMILES string of the molecule is Cc1ccc(C)c(CC(O)c2c(Cl)cnn2C(C)C)c1. The average molecular weight is 293 g/mol. The van der Waals surface area contributed by atoms with Crippen LogP contribution in [0.5, 0.6) is 0 Å². The van der Waals surface area contributed by atoms with Gasteiger partial charge in [-0.15, -0.1) is 0 Å². The van der Waals surface area contributed by atoms with Crippen molar-refractivity contribution >= 4 is 11.6 Å². The van der Waals surface area contributed by atoms with Gasteiger partial charge in [0.05, 0.1) is 16.9 Å². The Hall–Kier alpha value is -1.32. The molecule has 0 bridgehead atoms. The summed E-state index contributed by atoms with van der Waals surface area (Å²) in [5, 5.41) is 15.3. The van der Waals surface area contributed by atoms with E-state index in [-0.39, 0.29) is 6.04 Å². The number of halogens is 1. The molecule has 0 saturated heterocycles. The third kappa shape index (κ3) is 3.05. The molecule has 2 rings (SSSR count). The van der Waals surface area contributed by atoms with Crippen molar-refractivity contribution in [3.05, 3.63) is 51.8 Å². The Morgan fingerprint density at radius 1 is 1.30 bits per heavy atom. The van der Waals surface area contributed by atoms with Gasteiger partial charge in [0.1, 0.15) is 6.10 Å². The highest BCUT2D eigenvalue weighted by Crippen LogP contribution is 2.28. The number of rotatable bonds is 4. The lowest BCUT2D eigenvalue weighted by molar-refractivity contribution is 0.164. The van der Waals surface area contributed by atoms with Gasteiger partial charge in [-0.05, 0) is 38.8 Å². The first-order valence-corrected chi connectivity index (χ1v) is 7.25. The molecule has 0 radical (unpaired) electrons. The lowest BCUT2D eigenvalue weighted by Gasteiger charge is -2.17. The van der Waals surface area contributed by atoms with E-state index in [0.717, 1.165) is 5.56 Å². The lowest BCUT2D eigenvalue weighted by atomic mass is 9.99. The first-order valence-electron chi connectivity index (χ1n) is 6.87. The second-order valence-electron chi connectivity index (χ2n) is 5.57. The molecule has 0 saturated carbocycles. The van der Waals surface area contributed by atoms with Crippen molar-refractivity contribution in [2.45, 2.75) is 46.3 Å². The molecule has 1 unspecified atom stereocenters.